The van der Waals surface area contributed by atoms with E-state index in [1.54, 1.807) is 31.4 Å². The van der Waals surface area contributed by atoms with E-state index in [4.69, 9.17) is 0 Å². The zero-order valence-electron chi connectivity index (χ0n) is 11.7. The van der Waals surface area contributed by atoms with Crippen molar-refractivity contribution >= 4 is 16.1 Å². The van der Waals surface area contributed by atoms with Crippen LogP contribution in [-0.4, -0.2) is 16.1 Å². The number of rotatable bonds is 4. The largest absolute Gasteiger partial charge is 0.0695 e. The molecule has 1 saturated carbocycles. The second-order valence-electron chi connectivity index (χ2n) is 8.07. The Labute approximate surface area is 98.9 Å². The molecule has 2 atom stereocenters. The van der Waals surface area contributed by atoms with E-state index in [1.165, 1.54) is 0 Å². The van der Waals surface area contributed by atoms with Crippen LogP contribution in [0.15, 0.2) is 0 Å². The summed E-state index contributed by atoms with van der Waals surface area (Å²) in [7, 11) is -1.60. The Bertz CT molecular complexity index is 176. The predicted molar refractivity (Wildman–Crippen MR) is 77.1 cm³/mol. The van der Waals surface area contributed by atoms with Gasteiger partial charge in [0.15, 0.2) is 0 Å². The van der Waals surface area contributed by atoms with Gasteiger partial charge >= 0.3 is 0 Å². The lowest BCUT2D eigenvalue weighted by molar-refractivity contribution is 0.545. The zero-order valence-corrected chi connectivity index (χ0v) is 13.7. The summed E-state index contributed by atoms with van der Waals surface area (Å²) in [4.78, 5) is 0. The van der Waals surface area contributed by atoms with Gasteiger partial charge in [0.1, 0.15) is 0 Å². The van der Waals surface area contributed by atoms with Crippen LogP contribution in [-0.2, 0) is 0 Å². The fraction of sp³-hybridized carbons (Fsp3) is 1.00. The highest BCUT2D eigenvalue weighted by Crippen LogP contribution is 2.39. The number of hydrogen-bond acceptors (Lipinski definition) is 0. The van der Waals surface area contributed by atoms with Gasteiger partial charge in [-0.05, 0) is 18.3 Å². The Hall–Kier alpha value is 0.434. The van der Waals surface area contributed by atoms with Crippen LogP contribution in [0.2, 0.25) is 51.4 Å². The Balaban J connectivity index is 2.33. The fourth-order valence-electron chi connectivity index (χ4n) is 3.28. The zero-order chi connectivity index (χ0) is 11.7. The first-order chi connectivity index (χ1) is 6.66. The SMILES string of the molecule is C[Si](C)(C)CC1CCC(C[Si](C)(C)C)C1. The van der Waals surface area contributed by atoms with Gasteiger partial charge < -0.3 is 0 Å². The van der Waals surface area contributed by atoms with Gasteiger partial charge in [-0.1, -0.05) is 64.2 Å². The molecule has 0 nitrogen and oxygen atoms in total. The molecule has 0 N–H and O–H groups in total. The van der Waals surface area contributed by atoms with Crippen molar-refractivity contribution < 1.29 is 0 Å². The van der Waals surface area contributed by atoms with E-state index < -0.39 is 16.1 Å². The highest BCUT2D eigenvalue weighted by atomic mass is 28.3. The Morgan fingerprint density at radius 2 is 1.07 bits per heavy atom. The molecule has 1 aliphatic rings. The molecule has 90 valence electrons. The minimum Gasteiger partial charge on any atom is -0.0695 e. The van der Waals surface area contributed by atoms with E-state index in [0.717, 1.165) is 11.8 Å². The second-order valence-corrected chi connectivity index (χ2v) is 19.1. The molecule has 0 bridgehead atoms. The van der Waals surface area contributed by atoms with Crippen molar-refractivity contribution in [1.29, 1.82) is 0 Å². The summed E-state index contributed by atoms with van der Waals surface area (Å²) < 4.78 is 0. The van der Waals surface area contributed by atoms with Crippen molar-refractivity contribution in [2.75, 3.05) is 0 Å². The molecule has 2 unspecified atom stereocenters. The van der Waals surface area contributed by atoms with Crippen LogP contribution in [0, 0.1) is 11.8 Å². The lowest BCUT2D eigenvalue weighted by Gasteiger charge is -2.23. The minimum atomic E-state index is -0.799. The molecule has 0 aromatic heterocycles. The summed E-state index contributed by atoms with van der Waals surface area (Å²) in [6.45, 7) is 15.2. The maximum Gasteiger partial charge on any atom is 0.0445 e. The third kappa shape index (κ3) is 5.91. The normalized spacial score (nSPS) is 28.4. The molecule has 0 amide bonds. The van der Waals surface area contributed by atoms with Crippen LogP contribution in [0.3, 0.4) is 0 Å². The van der Waals surface area contributed by atoms with Gasteiger partial charge in [0.05, 0.1) is 0 Å². The molecule has 0 spiro atoms. The van der Waals surface area contributed by atoms with Gasteiger partial charge in [-0.15, -0.1) is 0 Å². The number of hydrogen-bond donors (Lipinski definition) is 0. The van der Waals surface area contributed by atoms with Crippen LogP contribution >= 0.6 is 0 Å². The van der Waals surface area contributed by atoms with Crippen LogP contribution < -0.4 is 0 Å². The van der Waals surface area contributed by atoms with E-state index in [1.807, 2.05) is 0 Å². The summed E-state index contributed by atoms with van der Waals surface area (Å²) in [5.41, 5.74) is 0. The molecule has 15 heavy (non-hydrogen) atoms. The molecule has 2 heteroatoms. The van der Waals surface area contributed by atoms with E-state index in [0.29, 0.717) is 0 Å². The third-order valence-electron chi connectivity index (χ3n) is 3.45. The summed E-state index contributed by atoms with van der Waals surface area (Å²) in [6.07, 6.45) is 4.65. The quantitative estimate of drug-likeness (QED) is 0.603. The van der Waals surface area contributed by atoms with E-state index in [2.05, 4.69) is 39.3 Å². The van der Waals surface area contributed by atoms with Crippen LogP contribution in [0.25, 0.3) is 0 Å². The second kappa shape index (κ2) is 4.74. The van der Waals surface area contributed by atoms with E-state index in [9.17, 15) is 0 Å². The first-order valence-electron chi connectivity index (χ1n) is 6.66. The molecule has 0 aromatic carbocycles. The smallest absolute Gasteiger partial charge is 0.0445 e. The van der Waals surface area contributed by atoms with Crippen molar-refractivity contribution in [3.63, 3.8) is 0 Å². The minimum absolute atomic E-state index is 0.799. The van der Waals surface area contributed by atoms with Gasteiger partial charge in [-0.3, -0.25) is 0 Å². The highest BCUT2D eigenvalue weighted by Gasteiger charge is 2.31. The van der Waals surface area contributed by atoms with E-state index >= 15 is 0 Å². The van der Waals surface area contributed by atoms with Crippen LogP contribution in [0.4, 0.5) is 0 Å². The molecule has 0 aromatic rings. The van der Waals surface area contributed by atoms with Crippen LogP contribution in [0.5, 0.6) is 0 Å². The monoisotopic (exact) mass is 242 g/mol. The first-order valence-corrected chi connectivity index (χ1v) is 14.1. The summed E-state index contributed by atoms with van der Waals surface area (Å²) in [5.74, 6) is 2.19. The van der Waals surface area contributed by atoms with Crippen LogP contribution in [0.1, 0.15) is 19.3 Å². The molecule has 1 fully saturated rings. The van der Waals surface area contributed by atoms with Gasteiger partial charge in [0.2, 0.25) is 0 Å². The molecule has 0 heterocycles. The predicted octanol–water partition coefficient (Wildman–Crippen LogP) is 5.08. The van der Waals surface area contributed by atoms with Crippen molar-refractivity contribution in [3.05, 3.63) is 0 Å². The summed E-state index contributed by atoms with van der Waals surface area (Å²) in [6, 6.07) is 3.16. The van der Waals surface area contributed by atoms with Crippen molar-refractivity contribution in [3.8, 4) is 0 Å². The Kier molecular flexibility index (Phi) is 4.27. The molecule has 1 aliphatic carbocycles. The molecule has 0 radical (unpaired) electrons. The molecular formula is C13H30Si2. The third-order valence-corrected chi connectivity index (χ3v) is 7.06. The van der Waals surface area contributed by atoms with E-state index in [-0.39, 0.29) is 0 Å². The Morgan fingerprint density at radius 1 is 0.733 bits per heavy atom. The van der Waals surface area contributed by atoms with Crippen molar-refractivity contribution in [2.24, 2.45) is 11.8 Å². The lowest BCUT2D eigenvalue weighted by Crippen LogP contribution is -2.24. The first kappa shape index (κ1) is 13.5. The highest BCUT2D eigenvalue weighted by molar-refractivity contribution is 6.76. The molecule has 1 rings (SSSR count). The average molecular weight is 243 g/mol. The van der Waals surface area contributed by atoms with Gasteiger partial charge in [-0.2, -0.15) is 0 Å². The maximum atomic E-state index is 2.53. The Morgan fingerprint density at radius 3 is 1.33 bits per heavy atom. The molecule has 0 aliphatic heterocycles. The summed E-state index contributed by atoms with van der Waals surface area (Å²) in [5, 5.41) is 0. The average Bonchev–Trinajstić information content (AvgIpc) is 2.28. The topological polar surface area (TPSA) is 0 Å². The fourth-order valence-corrected chi connectivity index (χ4v) is 7.49. The van der Waals surface area contributed by atoms with Gasteiger partial charge in [0.25, 0.3) is 0 Å². The molecular weight excluding hydrogens is 212 g/mol. The van der Waals surface area contributed by atoms with Crippen molar-refractivity contribution in [1.82, 2.24) is 0 Å². The summed E-state index contributed by atoms with van der Waals surface area (Å²) >= 11 is 0. The maximum absolute atomic E-state index is 2.53. The lowest BCUT2D eigenvalue weighted by atomic mass is 10.1. The van der Waals surface area contributed by atoms with Gasteiger partial charge in [0, 0.05) is 16.1 Å². The molecule has 0 saturated heterocycles. The standard InChI is InChI=1S/C13H30Si2/c1-14(2,3)10-12-7-8-13(9-12)11-15(4,5)6/h12-13H,7-11H2,1-6H3. The van der Waals surface area contributed by atoms with Crippen molar-refractivity contribution in [2.45, 2.75) is 70.6 Å². The van der Waals surface area contributed by atoms with Gasteiger partial charge in [-0.25, -0.2) is 0 Å².